The Hall–Kier alpha value is -2.54. The summed E-state index contributed by atoms with van der Waals surface area (Å²) in [7, 11) is 1.72. The van der Waals surface area contributed by atoms with E-state index in [1.165, 1.54) is 17.1 Å². The van der Waals surface area contributed by atoms with Gasteiger partial charge in [0.25, 0.3) is 5.91 Å². The zero-order valence-corrected chi connectivity index (χ0v) is 17.6. The van der Waals surface area contributed by atoms with Gasteiger partial charge < -0.3 is 4.90 Å². The highest BCUT2D eigenvalue weighted by Crippen LogP contribution is 2.26. The van der Waals surface area contributed by atoms with Gasteiger partial charge in [-0.15, -0.1) is 5.10 Å². The number of aromatic nitrogens is 3. The number of amides is 1. The Balaban J connectivity index is 1.91. The summed E-state index contributed by atoms with van der Waals surface area (Å²) in [5, 5.41) is 4.81. The van der Waals surface area contributed by atoms with Gasteiger partial charge in [-0.3, -0.25) is 9.48 Å². The van der Waals surface area contributed by atoms with Gasteiger partial charge in [0.1, 0.15) is 12.1 Å². The van der Waals surface area contributed by atoms with Crippen LogP contribution in [0.5, 0.6) is 0 Å². The first-order valence-corrected chi connectivity index (χ1v) is 10.1. The number of rotatable bonds is 6. The number of halogens is 2. The van der Waals surface area contributed by atoms with Crippen molar-refractivity contribution in [3.63, 3.8) is 0 Å². The monoisotopic (exact) mass is 444 g/mol. The summed E-state index contributed by atoms with van der Waals surface area (Å²) in [6.45, 7) is 4.22. The van der Waals surface area contributed by atoms with E-state index in [9.17, 15) is 9.18 Å². The highest BCUT2D eigenvalue weighted by atomic mass is 79.9. The molecule has 1 aromatic heterocycles. The predicted molar refractivity (Wildman–Crippen MR) is 110 cm³/mol. The second kappa shape index (κ2) is 8.65. The van der Waals surface area contributed by atoms with Crippen LogP contribution in [-0.2, 0) is 18.9 Å². The van der Waals surface area contributed by atoms with E-state index in [0.717, 1.165) is 16.7 Å². The zero-order chi connectivity index (χ0) is 20.3. The highest BCUT2D eigenvalue weighted by molar-refractivity contribution is 9.08. The molecule has 3 rings (SSSR count). The number of alkyl halides is 1. The molecule has 0 aliphatic rings. The van der Waals surface area contributed by atoms with Crippen LogP contribution in [0.3, 0.4) is 0 Å². The number of carbonyl (C=O) groups excluding carboxylic acids is 1. The van der Waals surface area contributed by atoms with Crippen LogP contribution in [0.15, 0.2) is 48.8 Å². The minimum atomic E-state index is -0.288. The summed E-state index contributed by atoms with van der Waals surface area (Å²) < 4.78 is 16.0. The van der Waals surface area contributed by atoms with Crippen LogP contribution in [0, 0.1) is 5.82 Å². The first-order chi connectivity index (χ1) is 13.4. The summed E-state index contributed by atoms with van der Waals surface area (Å²) >= 11 is 3.43. The minimum Gasteiger partial charge on any atom is -0.329 e. The Kier molecular flexibility index (Phi) is 6.24. The summed E-state index contributed by atoms with van der Waals surface area (Å²) in [5.41, 5.74) is 3.25. The van der Waals surface area contributed by atoms with Crippen molar-refractivity contribution in [3.05, 3.63) is 71.6 Å². The number of carbonyl (C=O) groups is 1. The van der Waals surface area contributed by atoms with Gasteiger partial charge in [-0.25, -0.2) is 9.37 Å². The number of aryl methyl sites for hydroxylation is 1. The van der Waals surface area contributed by atoms with Crippen LogP contribution >= 0.6 is 15.9 Å². The summed E-state index contributed by atoms with van der Waals surface area (Å²) in [6, 6.07) is 12.7. The first kappa shape index (κ1) is 20.2. The maximum atomic E-state index is 14.5. The van der Waals surface area contributed by atoms with Crippen molar-refractivity contribution < 1.29 is 9.18 Å². The van der Waals surface area contributed by atoms with E-state index in [1.54, 1.807) is 24.1 Å². The summed E-state index contributed by atoms with van der Waals surface area (Å²) in [5.74, 6) is -0.379. The third-order valence-electron chi connectivity index (χ3n) is 4.45. The molecule has 0 aliphatic heterocycles. The normalized spacial score (nSPS) is 11.1. The van der Waals surface area contributed by atoms with Crippen molar-refractivity contribution in [2.75, 3.05) is 0 Å². The molecule has 0 radical (unpaired) electrons. The van der Waals surface area contributed by atoms with E-state index in [-0.39, 0.29) is 23.6 Å². The van der Waals surface area contributed by atoms with Crippen molar-refractivity contribution in [1.29, 1.82) is 0 Å². The lowest BCUT2D eigenvalue weighted by Gasteiger charge is -2.26. The molecule has 5 nitrogen and oxygen atoms in total. The fourth-order valence-corrected chi connectivity index (χ4v) is 3.31. The molecule has 3 aromatic rings. The maximum absolute atomic E-state index is 14.5. The van der Waals surface area contributed by atoms with E-state index in [2.05, 4.69) is 26.0 Å². The second-order valence-corrected chi connectivity index (χ2v) is 7.48. The van der Waals surface area contributed by atoms with Crippen molar-refractivity contribution in [2.45, 2.75) is 31.8 Å². The van der Waals surface area contributed by atoms with Crippen molar-refractivity contribution in [1.82, 2.24) is 19.7 Å². The predicted octanol–water partition coefficient (Wildman–Crippen LogP) is 4.57. The Morgan fingerprint density at radius 3 is 2.64 bits per heavy atom. The molecule has 0 atom stereocenters. The van der Waals surface area contributed by atoms with Gasteiger partial charge in [0, 0.05) is 30.5 Å². The molecule has 0 bridgehead atoms. The zero-order valence-electron chi connectivity index (χ0n) is 16.1. The third-order valence-corrected chi connectivity index (χ3v) is 5.10. The van der Waals surface area contributed by atoms with E-state index in [1.807, 2.05) is 38.1 Å². The van der Waals surface area contributed by atoms with Crippen LogP contribution in [-0.4, -0.2) is 31.6 Å². The van der Waals surface area contributed by atoms with E-state index in [0.29, 0.717) is 17.4 Å². The van der Waals surface area contributed by atoms with Crippen LogP contribution in [0.2, 0.25) is 0 Å². The van der Waals surface area contributed by atoms with Gasteiger partial charge in [0.15, 0.2) is 0 Å². The number of hydrogen-bond donors (Lipinski definition) is 0. The van der Waals surface area contributed by atoms with Gasteiger partial charge in [0.2, 0.25) is 5.82 Å². The molecule has 7 heteroatoms. The molecule has 0 saturated heterocycles. The fourth-order valence-electron chi connectivity index (χ4n) is 2.97. The van der Waals surface area contributed by atoms with Crippen LogP contribution in [0.25, 0.3) is 11.1 Å². The third kappa shape index (κ3) is 4.47. The molecule has 146 valence electrons. The van der Waals surface area contributed by atoms with Gasteiger partial charge in [-0.05, 0) is 42.7 Å². The van der Waals surface area contributed by atoms with Gasteiger partial charge in [-0.1, -0.05) is 46.3 Å². The van der Waals surface area contributed by atoms with Gasteiger partial charge in [0.05, 0.1) is 0 Å². The average Bonchev–Trinajstić information content (AvgIpc) is 3.13. The molecule has 2 aromatic carbocycles. The highest BCUT2D eigenvalue weighted by Gasteiger charge is 2.23. The van der Waals surface area contributed by atoms with Gasteiger partial charge in [-0.2, -0.15) is 0 Å². The molecular weight excluding hydrogens is 423 g/mol. The number of benzene rings is 2. The fraction of sp³-hybridized carbons (Fsp3) is 0.286. The molecule has 1 amide bonds. The molecular formula is C21H22BrFN4O. The van der Waals surface area contributed by atoms with Crippen LogP contribution in [0.4, 0.5) is 4.39 Å². The van der Waals surface area contributed by atoms with E-state index >= 15 is 0 Å². The molecule has 0 aliphatic carbocycles. The van der Waals surface area contributed by atoms with Gasteiger partial charge >= 0.3 is 0 Å². The Morgan fingerprint density at radius 1 is 1.21 bits per heavy atom. The standard InChI is InChI=1S/C21H22BrFN4O/c1-14(2)27(21(28)20-24-13-26(3)25-20)12-16-7-8-19(23)18(10-16)17-6-4-5-15(9-17)11-22/h4-10,13-14H,11-12H2,1-3H3. The molecule has 0 fully saturated rings. The quantitative estimate of drug-likeness (QED) is 0.523. The van der Waals surface area contributed by atoms with Crippen LogP contribution in [0.1, 0.15) is 35.6 Å². The van der Waals surface area contributed by atoms with Crippen LogP contribution < -0.4 is 0 Å². The molecule has 1 heterocycles. The van der Waals surface area contributed by atoms with E-state index in [4.69, 9.17) is 0 Å². The molecule has 28 heavy (non-hydrogen) atoms. The van der Waals surface area contributed by atoms with E-state index < -0.39 is 0 Å². The van der Waals surface area contributed by atoms with Crippen molar-refractivity contribution in [3.8, 4) is 11.1 Å². The summed E-state index contributed by atoms with van der Waals surface area (Å²) in [6.07, 6.45) is 1.50. The Bertz CT molecular complexity index is 986. The van der Waals surface area contributed by atoms with Crippen molar-refractivity contribution >= 4 is 21.8 Å². The number of nitrogens with zero attached hydrogens (tertiary/aromatic N) is 4. The molecule has 0 spiro atoms. The maximum Gasteiger partial charge on any atom is 0.294 e. The average molecular weight is 445 g/mol. The van der Waals surface area contributed by atoms with Crippen molar-refractivity contribution in [2.24, 2.45) is 7.05 Å². The largest absolute Gasteiger partial charge is 0.329 e. The molecule has 0 saturated carbocycles. The summed E-state index contributed by atoms with van der Waals surface area (Å²) in [4.78, 5) is 18.6. The smallest absolute Gasteiger partial charge is 0.294 e. The Labute approximate surface area is 172 Å². The lowest BCUT2D eigenvalue weighted by Crippen LogP contribution is -2.37. The lowest BCUT2D eigenvalue weighted by molar-refractivity contribution is 0.0677. The Morgan fingerprint density at radius 2 is 2.00 bits per heavy atom. The second-order valence-electron chi connectivity index (χ2n) is 6.92. The topological polar surface area (TPSA) is 51.0 Å². The lowest BCUT2D eigenvalue weighted by atomic mass is 10.0. The SMILES string of the molecule is CC(C)N(Cc1ccc(F)c(-c2cccc(CBr)c2)c1)C(=O)c1ncn(C)n1. The first-order valence-electron chi connectivity index (χ1n) is 8.99. The molecule has 0 unspecified atom stereocenters. The molecule has 0 N–H and O–H groups in total. The number of hydrogen-bond acceptors (Lipinski definition) is 3. The minimum absolute atomic E-state index is 0.0541.